The molecule has 1 N–H and O–H groups in total. The highest BCUT2D eigenvalue weighted by Gasteiger charge is 2.34. The molecule has 2 atom stereocenters. The number of rotatable bonds is 7. The minimum Gasteiger partial charge on any atom is -0.345 e. The molecule has 0 bridgehead atoms. The van der Waals surface area contributed by atoms with Crippen molar-refractivity contribution in [1.29, 1.82) is 0 Å². The van der Waals surface area contributed by atoms with E-state index in [1.165, 1.54) is 44.5 Å². The average molecular weight is 634 g/mol. The Morgan fingerprint density at radius 2 is 1.71 bits per heavy atom. The summed E-state index contributed by atoms with van der Waals surface area (Å²) in [6.07, 6.45) is 8.78. The van der Waals surface area contributed by atoms with Crippen LogP contribution in [-0.4, -0.2) is 86.7 Å². The molecule has 9 nitrogen and oxygen atoms in total. The van der Waals surface area contributed by atoms with Crippen LogP contribution in [0.1, 0.15) is 72.3 Å². The van der Waals surface area contributed by atoms with Gasteiger partial charge in [0, 0.05) is 62.8 Å². The fourth-order valence-electron chi connectivity index (χ4n) is 7.93. The molecule has 3 aliphatic rings. The highest BCUT2D eigenvalue weighted by atomic mass is 32.2. The number of fused-ring (bicyclic) bond motifs is 5. The van der Waals surface area contributed by atoms with E-state index in [2.05, 4.69) is 45.5 Å². The molecule has 45 heavy (non-hydrogen) atoms. The van der Waals surface area contributed by atoms with Crippen molar-refractivity contribution in [3.63, 3.8) is 0 Å². The van der Waals surface area contributed by atoms with Crippen LogP contribution < -0.4 is 4.72 Å². The molecule has 1 saturated heterocycles. The normalized spacial score (nSPS) is 21.3. The second kappa shape index (κ2) is 12.9. The zero-order chi connectivity index (χ0) is 31.9. The fraction of sp³-hybridized carbons (Fsp3) is 0.543. The number of nitrogens with one attached hydrogen (secondary N) is 1. The van der Waals surface area contributed by atoms with Crippen LogP contribution in [0, 0.1) is 11.8 Å². The van der Waals surface area contributed by atoms with Gasteiger partial charge in [-0.05, 0) is 80.8 Å². The number of hydrogen-bond donors (Lipinski definition) is 1. The largest absolute Gasteiger partial charge is 0.345 e. The van der Waals surface area contributed by atoms with E-state index in [0.29, 0.717) is 24.8 Å². The summed E-state index contributed by atoms with van der Waals surface area (Å²) < 4.78 is 30.4. The molecule has 10 heteroatoms. The van der Waals surface area contributed by atoms with Gasteiger partial charge in [0.05, 0.1) is 11.6 Å². The van der Waals surface area contributed by atoms with Gasteiger partial charge in [0.25, 0.3) is 5.91 Å². The van der Waals surface area contributed by atoms with E-state index in [0.717, 1.165) is 71.8 Å². The molecule has 1 aromatic heterocycles. The summed E-state index contributed by atoms with van der Waals surface area (Å²) in [7, 11) is 2.94. The summed E-state index contributed by atoms with van der Waals surface area (Å²) in [5, 5.41) is 1.09. The van der Waals surface area contributed by atoms with Crippen LogP contribution in [0.25, 0.3) is 22.2 Å². The maximum absolute atomic E-state index is 14.2. The molecular formula is C35H47N5O4S. The summed E-state index contributed by atoms with van der Waals surface area (Å²) in [5.74, 6) is 0.0750. The van der Waals surface area contributed by atoms with Crippen molar-refractivity contribution in [2.45, 2.75) is 63.8 Å². The quantitative estimate of drug-likeness (QED) is 0.401. The number of aromatic nitrogens is 1. The minimum atomic E-state index is -3.95. The first-order valence-corrected chi connectivity index (χ1v) is 17.9. The van der Waals surface area contributed by atoms with E-state index >= 15 is 0 Å². The van der Waals surface area contributed by atoms with Crippen molar-refractivity contribution in [1.82, 2.24) is 23.4 Å². The topological polar surface area (TPSA) is 95.0 Å². The fourth-order valence-corrected chi connectivity index (χ4v) is 8.46. The Labute approximate surface area is 267 Å². The van der Waals surface area contributed by atoms with Gasteiger partial charge in [0.2, 0.25) is 5.91 Å². The predicted molar refractivity (Wildman–Crippen MR) is 178 cm³/mol. The van der Waals surface area contributed by atoms with E-state index in [1.807, 2.05) is 24.1 Å². The lowest BCUT2D eigenvalue weighted by Crippen LogP contribution is -2.42. The number of nitrogens with zero attached hydrogens (tertiary/aromatic N) is 4. The van der Waals surface area contributed by atoms with Crippen molar-refractivity contribution >= 4 is 32.9 Å². The number of carbonyl (C=O) groups is 2. The van der Waals surface area contributed by atoms with E-state index in [-0.39, 0.29) is 17.4 Å². The maximum Gasteiger partial charge on any atom is 0.303 e. The van der Waals surface area contributed by atoms with Crippen molar-refractivity contribution in [2.24, 2.45) is 11.8 Å². The second-order valence-corrected chi connectivity index (χ2v) is 15.6. The zero-order valence-corrected chi connectivity index (χ0v) is 27.9. The molecule has 2 unspecified atom stereocenters. The van der Waals surface area contributed by atoms with Crippen LogP contribution in [0.5, 0.6) is 0 Å². The molecule has 3 heterocycles. The highest BCUT2D eigenvalue weighted by Crippen LogP contribution is 2.46. The standard InChI is InChI=1S/C35H47N5O4S/c1-37(2)45(43,44)36-34(41)27-16-17-30-31(20-27)40-23-28(35(42)39(4)22-24-11-10-18-38(3)21-24)19-26-14-8-9-15-29(26)33(40)32(30)25-12-6-5-7-13-25/h8-9,14-17,20,24-25,28H,5-7,10-13,18-19,21-23H2,1-4H3,(H,36,41). The van der Waals surface area contributed by atoms with Crippen molar-refractivity contribution in [3.05, 3.63) is 59.2 Å². The Bertz CT molecular complexity index is 1690. The molecule has 242 valence electrons. The third-order valence-corrected chi connectivity index (χ3v) is 11.6. The summed E-state index contributed by atoms with van der Waals surface area (Å²) >= 11 is 0. The molecule has 2 aromatic carbocycles. The SMILES string of the molecule is CN1CCCC(CN(C)C(=O)C2Cc3ccccc3-c3c(C4CCCCC4)c4ccc(C(=O)NS(=O)(=O)N(C)C)cc4n3C2)C1. The Kier molecular flexibility index (Phi) is 9.10. The molecular weight excluding hydrogens is 586 g/mol. The van der Waals surface area contributed by atoms with Crippen LogP contribution in [-0.2, 0) is 28.0 Å². The van der Waals surface area contributed by atoms with Gasteiger partial charge in [0.1, 0.15) is 0 Å². The second-order valence-electron chi connectivity index (χ2n) is 13.7. The Hall–Kier alpha value is -3.21. The molecule has 3 aromatic rings. The van der Waals surface area contributed by atoms with Crippen LogP contribution in [0.15, 0.2) is 42.5 Å². The highest BCUT2D eigenvalue weighted by molar-refractivity contribution is 7.87. The lowest BCUT2D eigenvalue weighted by Gasteiger charge is -2.33. The van der Waals surface area contributed by atoms with Gasteiger partial charge >= 0.3 is 10.2 Å². The van der Waals surface area contributed by atoms with Crippen molar-refractivity contribution in [2.75, 3.05) is 47.8 Å². The minimum absolute atomic E-state index is 0.151. The van der Waals surface area contributed by atoms with Crippen LogP contribution >= 0.6 is 0 Å². The zero-order valence-electron chi connectivity index (χ0n) is 27.1. The molecule has 6 rings (SSSR count). The van der Waals surface area contributed by atoms with Gasteiger partial charge in [-0.15, -0.1) is 0 Å². The van der Waals surface area contributed by atoms with Gasteiger partial charge in [-0.1, -0.05) is 49.6 Å². The van der Waals surface area contributed by atoms with Crippen LogP contribution in [0.2, 0.25) is 0 Å². The molecule has 2 amide bonds. The van der Waals surface area contributed by atoms with E-state index < -0.39 is 16.1 Å². The summed E-state index contributed by atoms with van der Waals surface area (Å²) in [5.41, 5.74) is 5.95. The number of carbonyl (C=O) groups excluding carboxylic acids is 2. The molecule has 1 saturated carbocycles. The van der Waals surface area contributed by atoms with Gasteiger partial charge in [-0.25, -0.2) is 4.72 Å². The van der Waals surface area contributed by atoms with E-state index in [4.69, 9.17) is 0 Å². The number of benzene rings is 2. The Morgan fingerprint density at radius 3 is 2.44 bits per heavy atom. The van der Waals surface area contributed by atoms with Crippen LogP contribution in [0.3, 0.4) is 0 Å². The molecule has 2 aliphatic heterocycles. The first-order chi connectivity index (χ1) is 21.5. The molecule has 0 radical (unpaired) electrons. The third kappa shape index (κ3) is 6.42. The Balaban J connectivity index is 1.45. The lowest BCUT2D eigenvalue weighted by molar-refractivity contribution is -0.135. The molecule has 1 aliphatic carbocycles. The summed E-state index contributed by atoms with van der Waals surface area (Å²) in [6.45, 7) is 3.37. The number of amides is 2. The lowest BCUT2D eigenvalue weighted by atomic mass is 9.81. The van der Waals surface area contributed by atoms with Gasteiger partial charge < -0.3 is 14.4 Å². The maximum atomic E-state index is 14.2. The smallest absolute Gasteiger partial charge is 0.303 e. The van der Waals surface area contributed by atoms with Gasteiger partial charge in [0.15, 0.2) is 0 Å². The van der Waals surface area contributed by atoms with Crippen molar-refractivity contribution < 1.29 is 18.0 Å². The molecule has 0 spiro atoms. The Morgan fingerprint density at radius 1 is 0.956 bits per heavy atom. The summed E-state index contributed by atoms with van der Waals surface area (Å²) in [4.78, 5) is 31.8. The summed E-state index contributed by atoms with van der Waals surface area (Å²) in [6, 6.07) is 14.0. The first-order valence-electron chi connectivity index (χ1n) is 16.5. The third-order valence-electron chi connectivity index (χ3n) is 10.2. The number of piperidine rings is 1. The van der Waals surface area contributed by atoms with E-state index in [1.54, 1.807) is 6.07 Å². The average Bonchev–Trinajstić information content (AvgIpc) is 3.23. The molecule has 2 fully saturated rings. The number of likely N-dealkylation sites (tertiary alicyclic amines) is 1. The first kappa shape index (κ1) is 31.8. The van der Waals surface area contributed by atoms with E-state index in [9.17, 15) is 18.0 Å². The van der Waals surface area contributed by atoms with Crippen LogP contribution in [0.4, 0.5) is 0 Å². The van der Waals surface area contributed by atoms with Gasteiger partial charge in [-0.2, -0.15) is 12.7 Å². The number of hydrogen-bond acceptors (Lipinski definition) is 5. The predicted octanol–water partition coefficient (Wildman–Crippen LogP) is 4.86. The monoisotopic (exact) mass is 633 g/mol. The van der Waals surface area contributed by atoms with Gasteiger partial charge in [-0.3, -0.25) is 9.59 Å². The van der Waals surface area contributed by atoms with Crippen molar-refractivity contribution in [3.8, 4) is 11.3 Å².